The maximum Gasteiger partial charge on any atom is 0.0668 e. The zero-order valence-electron chi connectivity index (χ0n) is 13.8. The van der Waals surface area contributed by atoms with Crippen molar-refractivity contribution in [2.24, 2.45) is 5.92 Å². The van der Waals surface area contributed by atoms with Crippen LogP contribution in [0.15, 0.2) is 12.3 Å². The van der Waals surface area contributed by atoms with E-state index in [4.69, 9.17) is 5.11 Å². The molecule has 3 rings (SSSR count). The second-order valence-corrected chi connectivity index (χ2v) is 7.16. The molecule has 0 aromatic carbocycles. The Morgan fingerprint density at radius 2 is 1.95 bits per heavy atom. The average molecular weight is 305 g/mol. The first kappa shape index (κ1) is 16.0. The summed E-state index contributed by atoms with van der Waals surface area (Å²) in [5, 5.41) is 13.6. The van der Waals surface area contributed by atoms with Gasteiger partial charge in [0, 0.05) is 18.7 Å². The smallest absolute Gasteiger partial charge is 0.0668 e. The number of piperidine rings is 1. The van der Waals surface area contributed by atoms with E-state index in [1.165, 1.54) is 76.7 Å². The third kappa shape index (κ3) is 4.32. The number of likely N-dealkylation sites (tertiary alicyclic amines) is 1. The summed E-state index contributed by atoms with van der Waals surface area (Å²) in [4.78, 5) is 2.66. The minimum atomic E-state index is 0.166. The Labute approximate surface area is 134 Å². The molecular formula is C18H31N3O. The molecule has 0 bridgehead atoms. The van der Waals surface area contributed by atoms with Crippen LogP contribution in [0.2, 0.25) is 0 Å². The topological polar surface area (TPSA) is 41.3 Å². The summed E-state index contributed by atoms with van der Waals surface area (Å²) in [5.74, 6) is 1.57. The lowest BCUT2D eigenvalue weighted by Gasteiger charge is -2.33. The first-order valence-electron chi connectivity index (χ1n) is 9.21. The summed E-state index contributed by atoms with van der Waals surface area (Å²) < 4.78 is 1.87. The van der Waals surface area contributed by atoms with E-state index < -0.39 is 0 Å². The molecule has 2 aliphatic rings. The number of aliphatic hydroxyl groups excluding tert-OH is 1. The van der Waals surface area contributed by atoms with E-state index in [-0.39, 0.29) is 6.61 Å². The van der Waals surface area contributed by atoms with Gasteiger partial charge in [0.25, 0.3) is 0 Å². The number of nitrogens with zero attached hydrogens (tertiary/aromatic N) is 3. The van der Waals surface area contributed by atoms with Gasteiger partial charge in [0.2, 0.25) is 0 Å². The molecule has 4 heteroatoms. The summed E-state index contributed by atoms with van der Waals surface area (Å²) >= 11 is 0. The minimum Gasteiger partial charge on any atom is -0.394 e. The third-order valence-corrected chi connectivity index (χ3v) is 5.49. The molecule has 124 valence electrons. The maximum atomic E-state index is 9.01. The lowest BCUT2D eigenvalue weighted by molar-refractivity contribution is 0.183. The highest BCUT2D eigenvalue weighted by atomic mass is 16.3. The maximum absolute atomic E-state index is 9.01. The summed E-state index contributed by atoms with van der Waals surface area (Å²) in [6, 6.07) is 2.14. The number of hydrogen-bond donors (Lipinski definition) is 1. The van der Waals surface area contributed by atoms with E-state index in [1.807, 2.05) is 10.9 Å². The Bertz CT molecular complexity index is 439. The van der Waals surface area contributed by atoms with Crippen molar-refractivity contribution in [3.63, 3.8) is 0 Å². The van der Waals surface area contributed by atoms with Crippen LogP contribution in [0.4, 0.5) is 0 Å². The Morgan fingerprint density at radius 1 is 1.09 bits per heavy atom. The molecule has 2 heterocycles. The second kappa shape index (κ2) is 8.11. The molecule has 1 N–H and O–H groups in total. The first-order valence-corrected chi connectivity index (χ1v) is 9.21. The van der Waals surface area contributed by atoms with Gasteiger partial charge in [-0.05, 0) is 44.3 Å². The van der Waals surface area contributed by atoms with Crippen LogP contribution in [-0.2, 0) is 6.54 Å². The van der Waals surface area contributed by atoms with Gasteiger partial charge in [0.1, 0.15) is 0 Å². The van der Waals surface area contributed by atoms with Gasteiger partial charge in [0.15, 0.2) is 0 Å². The summed E-state index contributed by atoms with van der Waals surface area (Å²) in [5.41, 5.74) is 1.22. The van der Waals surface area contributed by atoms with E-state index in [2.05, 4.69) is 16.1 Å². The lowest BCUT2D eigenvalue weighted by Crippen LogP contribution is -2.36. The highest BCUT2D eigenvalue weighted by Crippen LogP contribution is 2.29. The highest BCUT2D eigenvalue weighted by molar-refractivity contribution is 5.08. The van der Waals surface area contributed by atoms with Crippen LogP contribution in [-0.4, -0.2) is 46.0 Å². The average Bonchev–Trinajstić information content (AvgIpc) is 3.03. The van der Waals surface area contributed by atoms with Crippen LogP contribution >= 0.6 is 0 Å². The molecule has 1 atom stereocenters. The Kier molecular flexibility index (Phi) is 5.90. The highest BCUT2D eigenvalue weighted by Gasteiger charge is 2.24. The van der Waals surface area contributed by atoms with E-state index >= 15 is 0 Å². The molecule has 2 fully saturated rings. The van der Waals surface area contributed by atoms with Crippen molar-refractivity contribution in [1.29, 1.82) is 0 Å². The largest absolute Gasteiger partial charge is 0.394 e. The molecule has 1 aliphatic heterocycles. The summed E-state index contributed by atoms with van der Waals surface area (Å²) in [7, 11) is 0. The Hall–Kier alpha value is -0.870. The van der Waals surface area contributed by atoms with Crippen LogP contribution in [0.1, 0.15) is 63.0 Å². The quantitative estimate of drug-likeness (QED) is 0.878. The van der Waals surface area contributed by atoms with Gasteiger partial charge in [-0.15, -0.1) is 0 Å². The fraction of sp³-hybridized carbons (Fsp3) is 0.833. The van der Waals surface area contributed by atoms with Gasteiger partial charge in [-0.2, -0.15) is 5.10 Å². The third-order valence-electron chi connectivity index (χ3n) is 5.49. The van der Waals surface area contributed by atoms with Crippen LogP contribution in [0.5, 0.6) is 0 Å². The number of rotatable bonds is 6. The number of aliphatic hydroxyl groups is 1. The molecule has 0 amide bonds. The van der Waals surface area contributed by atoms with Crippen LogP contribution in [0, 0.1) is 5.92 Å². The zero-order valence-corrected chi connectivity index (χ0v) is 13.8. The number of aromatic nitrogens is 2. The predicted octanol–water partition coefficient (Wildman–Crippen LogP) is 3.03. The lowest BCUT2D eigenvalue weighted by atomic mass is 9.86. The van der Waals surface area contributed by atoms with E-state index in [0.717, 1.165) is 5.92 Å². The van der Waals surface area contributed by atoms with Gasteiger partial charge >= 0.3 is 0 Å². The van der Waals surface area contributed by atoms with Crippen molar-refractivity contribution < 1.29 is 5.11 Å². The van der Waals surface area contributed by atoms with Crippen LogP contribution < -0.4 is 0 Å². The van der Waals surface area contributed by atoms with Crippen molar-refractivity contribution in [2.75, 3.05) is 26.2 Å². The van der Waals surface area contributed by atoms with Crippen LogP contribution in [0.3, 0.4) is 0 Å². The van der Waals surface area contributed by atoms with Gasteiger partial charge in [0.05, 0.1) is 18.8 Å². The molecule has 0 unspecified atom stereocenters. The van der Waals surface area contributed by atoms with E-state index in [0.29, 0.717) is 12.5 Å². The van der Waals surface area contributed by atoms with E-state index in [1.54, 1.807) is 0 Å². The fourth-order valence-corrected chi connectivity index (χ4v) is 4.16. The molecule has 4 nitrogen and oxygen atoms in total. The van der Waals surface area contributed by atoms with Crippen molar-refractivity contribution in [3.05, 3.63) is 18.0 Å². The fourth-order valence-electron chi connectivity index (χ4n) is 4.16. The van der Waals surface area contributed by atoms with Gasteiger partial charge in [-0.1, -0.05) is 32.1 Å². The molecule has 1 saturated carbocycles. The standard InChI is InChI=1S/C18H31N3O/c22-14-13-21-12-9-18(19-21)17-7-4-10-20(15-17)11-8-16-5-2-1-3-6-16/h9,12,16-17,22H,1-8,10-11,13-15H2/t17-/m1/s1. The predicted molar refractivity (Wildman–Crippen MR) is 88.9 cm³/mol. The molecular weight excluding hydrogens is 274 g/mol. The molecule has 0 spiro atoms. The normalized spacial score (nSPS) is 24.7. The monoisotopic (exact) mass is 305 g/mol. The summed E-state index contributed by atoms with van der Waals surface area (Å²) in [6.07, 6.45) is 13.2. The molecule has 0 radical (unpaired) electrons. The number of hydrogen-bond acceptors (Lipinski definition) is 3. The van der Waals surface area contributed by atoms with Gasteiger partial charge in [-0.25, -0.2) is 0 Å². The Balaban J connectivity index is 1.47. The Morgan fingerprint density at radius 3 is 2.77 bits per heavy atom. The molecule has 1 aliphatic carbocycles. The molecule has 22 heavy (non-hydrogen) atoms. The zero-order chi connectivity index (χ0) is 15.2. The molecule has 1 aromatic heterocycles. The minimum absolute atomic E-state index is 0.166. The van der Waals surface area contributed by atoms with Gasteiger partial charge < -0.3 is 10.0 Å². The second-order valence-electron chi connectivity index (χ2n) is 7.16. The van der Waals surface area contributed by atoms with Crippen LogP contribution in [0.25, 0.3) is 0 Å². The van der Waals surface area contributed by atoms with Crippen molar-refractivity contribution in [3.8, 4) is 0 Å². The van der Waals surface area contributed by atoms with E-state index in [9.17, 15) is 0 Å². The van der Waals surface area contributed by atoms with Crippen molar-refractivity contribution >= 4 is 0 Å². The SMILES string of the molecule is OCCn1ccc([C@@H]2CCCN(CCC3CCCCC3)C2)n1. The molecule has 1 aromatic rings. The molecule has 1 saturated heterocycles. The van der Waals surface area contributed by atoms with Gasteiger partial charge in [-0.3, -0.25) is 4.68 Å². The summed E-state index contributed by atoms with van der Waals surface area (Å²) in [6.45, 7) is 4.49. The van der Waals surface area contributed by atoms with Crippen molar-refractivity contribution in [1.82, 2.24) is 14.7 Å². The first-order chi connectivity index (χ1) is 10.8. The van der Waals surface area contributed by atoms with Crippen molar-refractivity contribution in [2.45, 2.75) is 63.8 Å².